The quantitative estimate of drug-likeness (QED) is 0.801. The number of likely N-dealkylation sites (tertiary alicyclic amines) is 1. The molecule has 1 aliphatic heterocycles. The van der Waals surface area contributed by atoms with Gasteiger partial charge in [-0.3, -0.25) is 0 Å². The van der Waals surface area contributed by atoms with E-state index in [1.54, 1.807) is 0 Å². The molecule has 0 aromatic carbocycles. The molecule has 0 bridgehead atoms. The zero-order chi connectivity index (χ0) is 9.80. The second kappa shape index (κ2) is 4.82. The molecule has 78 valence electrons. The Hall–Kier alpha value is -0.520. The van der Waals surface area contributed by atoms with Crippen molar-refractivity contribution < 1.29 is 0 Å². The van der Waals surface area contributed by atoms with E-state index in [0.29, 0.717) is 6.04 Å². The van der Waals surface area contributed by atoms with Gasteiger partial charge in [0.25, 0.3) is 0 Å². The van der Waals surface area contributed by atoms with E-state index in [1.807, 2.05) is 5.38 Å². The lowest BCUT2D eigenvalue weighted by Gasteiger charge is -2.30. The third-order valence-corrected chi connectivity index (χ3v) is 3.15. The zero-order valence-electron chi connectivity index (χ0n) is 8.44. The number of rotatable bonds is 3. The Morgan fingerprint density at radius 2 is 2.64 bits per heavy atom. The fourth-order valence-electron chi connectivity index (χ4n) is 1.84. The summed E-state index contributed by atoms with van der Waals surface area (Å²) in [5, 5.41) is 9.53. The fourth-order valence-corrected chi connectivity index (χ4v) is 2.29. The van der Waals surface area contributed by atoms with Gasteiger partial charge in [-0.1, -0.05) is 4.49 Å². The number of hydrogen-bond donors (Lipinski definition) is 1. The molecule has 0 radical (unpaired) electrons. The van der Waals surface area contributed by atoms with E-state index in [9.17, 15) is 0 Å². The van der Waals surface area contributed by atoms with E-state index >= 15 is 0 Å². The molecule has 1 aromatic rings. The Kier molecular flexibility index (Phi) is 3.44. The molecule has 0 spiro atoms. The summed E-state index contributed by atoms with van der Waals surface area (Å²) >= 11 is 1.42. The maximum absolute atomic E-state index is 4.01. The van der Waals surface area contributed by atoms with E-state index in [1.165, 1.54) is 30.9 Å². The highest BCUT2D eigenvalue weighted by Crippen LogP contribution is 2.08. The van der Waals surface area contributed by atoms with Crippen molar-refractivity contribution in [3.63, 3.8) is 0 Å². The second-order valence-corrected chi connectivity index (χ2v) is 4.49. The molecule has 1 saturated heterocycles. The van der Waals surface area contributed by atoms with Crippen LogP contribution in [0.15, 0.2) is 5.38 Å². The van der Waals surface area contributed by atoms with Crippen LogP contribution in [-0.4, -0.2) is 40.7 Å². The summed E-state index contributed by atoms with van der Waals surface area (Å²) in [4.78, 5) is 2.38. The van der Waals surface area contributed by atoms with Crippen LogP contribution in [0, 0.1) is 0 Å². The van der Waals surface area contributed by atoms with Crippen LogP contribution >= 0.6 is 11.5 Å². The van der Waals surface area contributed by atoms with Gasteiger partial charge in [-0.2, -0.15) is 0 Å². The molecule has 2 rings (SSSR count). The molecule has 2 heterocycles. The fraction of sp³-hybridized carbons (Fsp3) is 0.778. The number of nitrogens with zero attached hydrogens (tertiary/aromatic N) is 3. The highest BCUT2D eigenvalue weighted by molar-refractivity contribution is 7.03. The molecule has 1 fully saturated rings. The molecule has 0 saturated carbocycles. The summed E-state index contributed by atoms with van der Waals surface area (Å²) in [5.74, 6) is 0. The lowest BCUT2D eigenvalue weighted by atomic mass is 10.1. The monoisotopic (exact) mass is 212 g/mol. The number of hydrogen-bond acceptors (Lipinski definition) is 5. The first-order valence-electron chi connectivity index (χ1n) is 5.02. The summed E-state index contributed by atoms with van der Waals surface area (Å²) in [6, 6.07) is 0.621. The SMILES string of the molecule is CN1CCCC(NCc2csnn2)C1. The first-order chi connectivity index (χ1) is 6.84. The normalized spacial score (nSPS) is 23.9. The first kappa shape index (κ1) is 10.0. The predicted molar refractivity (Wildman–Crippen MR) is 57.3 cm³/mol. The molecule has 0 aliphatic carbocycles. The topological polar surface area (TPSA) is 41.0 Å². The van der Waals surface area contributed by atoms with Crippen molar-refractivity contribution in [2.24, 2.45) is 0 Å². The van der Waals surface area contributed by atoms with Gasteiger partial charge in [-0.05, 0) is 38.0 Å². The Labute approximate surface area is 88.5 Å². The number of nitrogens with one attached hydrogen (secondary N) is 1. The molecule has 1 atom stereocenters. The van der Waals surface area contributed by atoms with Crippen molar-refractivity contribution in [1.29, 1.82) is 0 Å². The van der Waals surface area contributed by atoms with Crippen LogP contribution in [0.3, 0.4) is 0 Å². The van der Waals surface area contributed by atoms with Crippen LogP contribution in [0.4, 0.5) is 0 Å². The molecule has 14 heavy (non-hydrogen) atoms. The van der Waals surface area contributed by atoms with E-state index < -0.39 is 0 Å². The molecule has 1 aromatic heterocycles. The minimum absolute atomic E-state index is 0.621. The van der Waals surface area contributed by atoms with Crippen molar-refractivity contribution in [2.75, 3.05) is 20.1 Å². The van der Waals surface area contributed by atoms with E-state index in [0.717, 1.165) is 18.8 Å². The summed E-state index contributed by atoms with van der Waals surface area (Å²) in [7, 11) is 2.18. The number of piperidine rings is 1. The van der Waals surface area contributed by atoms with Gasteiger partial charge in [0.15, 0.2) is 0 Å². The summed E-state index contributed by atoms with van der Waals surface area (Å²) < 4.78 is 3.84. The first-order valence-corrected chi connectivity index (χ1v) is 5.86. The van der Waals surface area contributed by atoms with E-state index in [4.69, 9.17) is 0 Å². The Bertz CT molecular complexity index is 262. The number of aromatic nitrogens is 2. The maximum atomic E-state index is 4.01. The lowest BCUT2D eigenvalue weighted by molar-refractivity contribution is 0.226. The van der Waals surface area contributed by atoms with Gasteiger partial charge in [0.2, 0.25) is 0 Å². The van der Waals surface area contributed by atoms with E-state index in [-0.39, 0.29) is 0 Å². The van der Waals surface area contributed by atoms with Gasteiger partial charge in [-0.25, -0.2) is 0 Å². The Morgan fingerprint density at radius 3 is 3.36 bits per heavy atom. The molecular formula is C9H16N4S. The van der Waals surface area contributed by atoms with Gasteiger partial charge < -0.3 is 10.2 Å². The third kappa shape index (κ3) is 2.73. The average molecular weight is 212 g/mol. The van der Waals surface area contributed by atoms with Crippen LogP contribution in [0.2, 0.25) is 0 Å². The highest BCUT2D eigenvalue weighted by Gasteiger charge is 2.16. The Morgan fingerprint density at radius 1 is 1.71 bits per heavy atom. The molecule has 1 N–H and O–H groups in total. The molecular weight excluding hydrogens is 196 g/mol. The summed E-state index contributed by atoms with van der Waals surface area (Å²) in [5.41, 5.74) is 1.06. The van der Waals surface area contributed by atoms with Crippen LogP contribution in [0.1, 0.15) is 18.5 Å². The average Bonchev–Trinajstić information content (AvgIpc) is 2.67. The van der Waals surface area contributed by atoms with Crippen LogP contribution in [-0.2, 0) is 6.54 Å². The van der Waals surface area contributed by atoms with Crippen LogP contribution < -0.4 is 5.32 Å². The molecule has 4 nitrogen and oxygen atoms in total. The largest absolute Gasteiger partial charge is 0.307 e. The lowest BCUT2D eigenvalue weighted by Crippen LogP contribution is -2.43. The van der Waals surface area contributed by atoms with E-state index in [2.05, 4.69) is 26.9 Å². The standard InChI is InChI=1S/C9H16N4S/c1-13-4-2-3-8(6-13)10-5-9-7-14-12-11-9/h7-8,10H,2-6H2,1H3. The van der Waals surface area contributed by atoms with Crippen molar-refractivity contribution in [3.05, 3.63) is 11.1 Å². The molecule has 5 heteroatoms. The maximum Gasteiger partial charge on any atom is 0.0893 e. The summed E-state index contributed by atoms with van der Waals surface area (Å²) in [6.07, 6.45) is 2.57. The van der Waals surface area contributed by atoms with Crippen molar-refractivity contribution >= 4 is 11.5 Å². The van der Waals surface area contributed by atoms with Crippen molar-refractivity contribution in [1.82, 2.24) is 19.8 Å². The van der Waals surface area contributed by atoms with Gasteiger partial charge >= 0.3 is 0 Å². The minimum atomic E-state index is 0.621. The van der Waals surface area contributed by atoms with Crippen LogP contribution in [0.25, 0.3) is 0 Å². The van der Waals surface area contributed by atoms with Crippen LogP contribution in [0.5, 0.6) is 0 Å². The molecule has 1 aliphatic rings. The molecule has 1 unspecified atom stereocenters. The third-order valence-electron chi connectivity index (χ3n) is 2.60. The predicted octanol–water partition coefficient (Wildman–Crippen LogP) is 0.722. The van der Waals surface area contributed by atoms with Crippen molar-refractivity contribution in [3.8, 4) is 0 Å². The summed E-state index contributed by atoms with van der Waals surface area (Å²) in [6.45, 7) is 3.24. The Balaban J connectivity index is 1.75. The van der Waals surface area contributed by atoms with Gasteiger partial charge in [0.05, 0.1) is 5.69 Å². The van der Waals surface area contributed by atoms with Gasteiger partial charge in [0.1, 0.15) is 0 Å². The van der Waals surface area contributed by atoms with Gasteiger partial charge in [0, 0.05) is 24.5 Å². The van der Waals surface area contributed by atoms with Crippen molar-refractivity contribution in [2.45, 2.75) is 25.4 Å². The second-order valence-electron chi connectivity index (χ2n) is 3.88. The molecule has 0 amide bonds. The minimum Gasteiger partial charge on any atom is -0.307 e. The highest BCUT2D eigenvalue weighted by atomic mass is 32.1. The van der Waals surface area contributed by atoms with Gasteiger partial charge in [-0.15, -0.1) is 5.10 Å². The number of likely N-dealkylation sites (N-methyl/N-ethyl adjacent to an activating group) is 1. The zero-order valence-corrected chi connectivity index (χ0v) is 9.26. The smallest absolute Gasteiger partial charge is 0.0893 e.